The number of thiophene rings is 2. The lowest BCUT2D eigenvalue weighted by Crippen LogP contribution is -2.37. The number of hydrogen-bond acceptors (Lipinski definition) is 5. The van der Waals surface area contributed by atoms with E-state index in [1.807, 2.05) is 23.6 Å². The van der Waals surface area contributed by atoms with Crippen LogP contribution in [-0.4, -0.2) is 32.7 Å². The van der Waals surface area contributed by atoms with E-state index in [0.29, 0.717) is 13.2 Å². The van der Waals surface area contributed by atoms with Gasteiger partial charge in [0.05, 0.1) is 23.5 Å². The van der Waals surface area contributed by atoms with Crippen LogP contribution < -0.4 is 10.6 Å². The van der Waals surface area contributed by atoms with Gasteiger partial charge in [0.2, 0.25) is 5.91 Å². The Morgan fingerprint density at radius 3 is 2.86 bits per heavy atom. The van der Waals surface area contributed by atoms with E-state index in [1.54, 1.807) is 18.4 Å². The number of carbonyl (C=O) groups excluding carboxylic acids is 1. The molecule has 2 N–H and O–H groups in total. The van der Waals surface area contributed by atoms with Crippen LogP contribution in [0, 0.1) is 0 Å². The molecule has 4 nitrogen and oxygen atoms in total. The third-order valence-corrected chi connectivity index (χ3v) is 5.03. The fraction of sp³-hybridized carbons (Fsp3) is 0.357. The topological polar surface area (TPSA) is 50.4 Å². The Kier molecular flexibility index (Phi) is 6.66. The summed E-state index contributed by atoms with van der Waals surface area (Å²) in [5, 5.41) is 8.11. The van der Waals surface area contributed by atoms with Gasteiger partial charge in [0.1, 0.15) is 0 Å². The number of nitrogens with one attached hydrogen (secondary N) is 2. The second-order valence-electron chi connectivity index (χ2n) is 4.31. The summed E-state index contributed by atoms with van der Waals surface area (Å²) in [6.07, 6.45) is 0. The molecule has 0 bridgehead atoms. The molecule has 21 heavy (non-hydrogen) atoms. The molecule has 0 saturated heterocycles. The fourth-order valence-electron chi connectivity index (χ4n) is 1.83. The molecule has 2 aromatic heterocycles. The zero-order valence-corrected chi connectivity index (χ0v) is 14.0. The van der Waals surface area contributed by atoms with Crippen molar-refractivity contribution in [3.8, 4) is 0 Å². The summed E-state index contributed by atoms with van der Waals surface area (Å²) in [6.45, 7) is 1.29. The van der Waals surface area contributed by atoms with Crippen LogP contribution >= 0.6 is 34.3 Å². The zero-order chi connectivity index (χ0) is 15.1. The average molecular weight is 345 g/mol. The van der Waals surface area contributed by atoms with Crippen molar-refractivity contribution < 1.29 is 9.53 Å². The molecule has 1 atom stereocenters. The minimum Gasteiger partial charge on any atom is -0.383 e. The molecule has 0 fully saturated rings. The van der Waals surface area contributed by atoms with Crippen molar-refractivity contribution in [3.05, 3.63) is 43.7 Å². The van der Waals surface area contributed by atoms with Crippen molar-refractivity contribution in [2.24, 2.45) is 0 Å². The second kappa shape index (κ2) is 8.51. The first-order valence-corrected chi connectivity index (χ1v) is 8.55. The molecule has 0 aliphatic carbocycles. The lowest BCUT2D eigenvalue weighted by molar-refractivity contribution is -0.120. The highest BCUT2D eigenvalue weighted by Gasteiger charge is 2.17. The molecular weight excluding hydrogens is 328 g/mol. The number of amides is 1. The van der Waals surface area contributed by atoms with Gasteiger partial charge < -0.3 is 10.1 Å². The van der Waals surface area contributed by atoms with Gasteiger partial charge in [-0.1, -0.05) is 17.7 Å². The summed E-state index contributed by atoms with van der Waals surface area (Å²) in [4.78, 5) is 14.0. The van der Waals surface area contributed by atoms with Crippen LogP contribution in [0.2, 0.25) is 4.34 Å². The summed E-state index contributed by atoms with van der Waals surface area (Å²) in [7, 11) is 1.61. The predicted octanol–water partition coefficient (Wildman–Crippen LogP) is 2.90. The molecule has 0 saturated carbocycles. The Hall–Kier alpha value is -0.920. The summed E-state index contributed by atoms with van der Waals surface area (Å²) < 4.78 is 5.65. The number of ether oxygens (including phenoxy) is 1. The second-order valence-corrected chi connectivity index (χ2v) is 7.04. The third kappa shape index (κ3) is 5.09. The van der Waals surface area contributed by atoms with Crippen LogP contribution in [0.15, 0.2) is 29.6 Å². The molecule has 1 amide bonds. The van der Waals surface area contributed by atoms with Crippen molar-refractivity contribution in [2.75, 3.05) is 26.8 Å². The first-order valence-electron chi connectivity index (χ1n) is 6.48. The number of rotatable bonds is 8. The fourth-order valence-corrected chi connectivity index (χ4v) is 3.88. The SMILES string of the molecule is COCCNC(=O)CNC(c1cccs1)c1ccc(Cl)s1. The average Bonchev–Trinajstić information content (AvgIpc) is 3.12. The van der Waals surface area contributed by atoms with Crippen LogP contribution in [0.1, 0.15) is 15.8 Å². The lowest BCUT2D eigenvalue weighted by Gasteiger charge is -2.16. The maximum atomic E-state index is 11.8. The van der Waals surface area contributed by atoms with Crippen LogP contribution in [-0.2, 0) is 9.53 Å². The van der Waals surface area contributed by atoms with E-state index < -0.39 is 0 Å². The maximum absolute atomic E-state index is 11.8. The largest absolute Gasteiger partial charge is 0.383 e. The molecule has 2 aromatic rings. The van der Waals surface area contributed by atoms with Gasteiger partial charge in [-0.25, -0.2) is 0 Å². The molecule has 0 spiro atoms. The first-order chi connectivity index (χ1) is 10.2. The van der Waals surface area contributed by atoms with Crippen molar-refractivity contribution in [1.29, 1.82) is 0 Å². The van der Waals surface area contributed by atoms with Crippen LogP contribution in [0.5, 0.6) is 0 Å². The van der Waals surface area contributed by atoms with Gasteiger partial charge in [-0.05, 0) is 23.6 Å². The Labute approximate surface area is 137 Å². The monoisotopic (exact) mass is 344 g/mol. The molecular formula is C14H17ClN2O2S2. The highest BCUT2D eigenvalue weighted by Crippen LogP contribution is 2.32. The summed E-state index contributed by atoms with van der Waals surface area (Å²) in [5.41, 5.74) is 0. The molecule has 7 heteroatoms. The van der Waals surface area contributed by atoms with Crippen LogP contribution in [0.25, 0.3) is 0 Å². The Morgan fingerprint density at radius 1 is 1.38 bits per heavy atom. The Morgan fingerprint density at radius 2 is 2.24 bits per heavy atom. The molecule has 0 aliphatic rings. The van der Waals surface area contributed by atoms with Crippen molar-refractivity contribution >= 4 is 40.2 Å². The van der Waals surface area contributed by atoms with Crippen molar-refractivity contribution in [1.82, 2.24) is 10.6 Å². The lowest BCUT2D eigenvalue weighted by atomic mass is 10.2. The van der Waals surface area contributed by atoms with E-state index in [9.17, 15) is 4.79 Å². The molecule has 1 unspecified atom stereocenters. The third-order valence-electron chi connectivity index (χ3n) is 2.80. The number of halogens is 1. The van der Waals surface area contributed by atoms with Gasteiger partial charge >= 0.3 is 0 Å². The highest BCUT2D eigenvalue weighted by atomic mass is 35.5. The predicted molar refractivity (Wildman–Crippen MR) is 88.4 cm³/mol. The maximum Gasteiger partial charge on any atom is 0.234 e. The first kappa shape index (κ1) is 16.5. The van der Waals surface area contributed by atoms with Gasteiger partial charge in [-0.3, -0.25) is 10.1 Å². The molecule has 2 rings (SSSR count). The Bertz CT molecular complexity index is 557. The zero-order valence-electron chi connectivity index (χ0n) is 11.6. The van der Waals surface area contributed by atoms with E-state index in [1.165, 1.54) is 16.2 Å². The summed E-state index contributed by atoms with van der Waals surface area (Å²) in [6, 6.07) is 7.92. The summed E-state index contributed by atoms with van der Waals surface area (Å²) >= 11 is 9.20. The van der Waals surface area contributed by atoms with Crippen LogP contribution in [0.4, 0.5) is 0 Å². The molecule has 0 radical (unpaired) electrons. The highest BCUT2D eigenvalue weighted by molar-refractivity contribution is 7.16. The van der Waals surface area contributed by atoms with E-state index >= 15 is 0 Å². The van der Waals surface area contributed by atoms with Crippen LogP contribution in [0.3, 0.4) is 0 Å². The van der Waals surface area contributed by atoms with E-state index in [4.69, 9.17) is 16.3 Å². The van der Waals surface area contributed by atoms with Gasteiger partial charge in [-0.2, -0.15) is 0 Å². The smallest absolute Gasteiger partial charge is 0.234 e. The van der Waals surface area contributed by atoms with E-state index in [2.05, 4.69) is 16.7 Å². The number of carbonyl (C=O) groups is 1. The minimum absolute atomic E-state index is 0.00400. The quantitative estimate of drug-likeness (QED) is 0.724. The Balaban J connectivity index is 1.96. The molecule has 114 valence electrons. The molecule has 0 aromatic carbocycles. The molecule has 0 aliphatic heterocycles. The van der Waals surface area contributed by atoms with Crippen molar-refractivity contribution in [3.63, 3.8) is 0 Å². The molecule has 2 heterocycles. The number of hydrogen-bond donors (Lipinski definition) is 2. The summed E-state index contributed by atoms with van der Waals surface area (Å²) in [5.74, 6) is -0.0451. The van der Waals surface area contributed by atoms with E-state index in [0.717, 1.165) is 9.21 Å². The van der Waals surface area contributed by atoms with Gasteiger partial charge in [0, 0.05) is 23.4 Å². The van der Waals surface area contributed by atoms with Gasteiger partial charge in [0.15, 0.2) is 0 Å². The van der Waals surface area contributed by atoms with E-state index in [-0.39, 0.29) is 18.5 Å². The number of methoxy groups -OCH3 is 1. The standard InChI is InChI=1S/C14H17ClN2O2S2/c1-19-7-6-16-13(18)9-17-14(10-3-2-8-20-10)11-4-5-12(15)21-11/h2-5,8,14,17H,6-7,9H2,1H3,(H,16,18). The van der Waals surface area contributed by atoms with Crippen molar-refractivity contribution in [2.45, 2.75) is 6.04 Å². The normalized spacial score (nSPS) is 12.3. The van der Waals surface area contributed by atoms with Gasteiger partial charge in [0.25, 0.3) is 0 Å². The minimum atomic E-state index is -0.0451. The van der Waals surface area contributed by atoms with Gasteiger partial charge in [-0.15, -0.1) is 22.7 Å².